The van der Waals surface area contributed by atoms with Crippen molar-refractivity contribution in [3.05, 3.63) is 88.0 Å². The Morgan fingerprint density at radius 1 is 0.829 bits per heavy atom. The maximum atomic E-state index is 13.3. The molecular weight excluding hydrogens is 438 g/mol. The largest absolute Gasteiger partial charge is 0.505 e. The number of anilines is 1. The van der Waals surface area contributed by atoms with Gasteiger partial charge in [-0.05, 0) is 92.1 Å². The van der Waals surface area contributed by atoms with Gasteiger partial charge in [0.25, 0.3) is 5.91 Å². The molecule has 2 N–H and O–H groups in total. The quantitative estimate of drug-likeness (QED) is 0.294. The van der Waals surface area contributed by atoms with E-state index in [9.17, 15) is 9.90 Å². The zero-order chi connectivity index (χ0) is 25.3. The van der Waals surface area contributed by atoms with E-state index in [1.807, 2.05) is 83.1 Å². The minimum absolute atomic E-state index is 0.127. The van der Waals surface area contributed by atoms with Crippen LogP contribution in [0.3, 0.4) is 0 Å². The number of nitrogens with one attached hydrogen (secondary N) is 1. The van der Waals surface area contributed by atoms with Gasteiger partial charge in [-0.3, -0.25) is 4.79 Å². The standard InChI is InChI=1S/C29H29N3O3/c1-16-11-20(5)24(12-17(16)2)30-29(34)23-15-21-9-7-8-10-22(21)27(28(23)33)32-31-25-13-18(3)19(4)14-26(25)35-6/h7-15,33H,1-6H3,(H,30,34). The number of azo groups is 1. The van der Waals surface area contributed by atoms with Crippen molar-refractivity contribution in [1.82, 2.24) is 0 Å². The normalized spacial score (nSPS) is 11.3. The molecule has 6 heteroatoms. The molecule has 0 fully saturated rings. The van der Waals surface area contributed by atoms with E-state index >= 15 is 0 Å². The van der Waals surface area contributed by atoms with E-state index in [4.69, 9.17) is 4.74 Å². The van der Waals surface area contributed by atoms with E-state index < -0.39 is 5.91 Å². The zero-order valence-electron chi connectivity index (χ0n) is 20.9. The molecule has 35 heavy (non-hydrogen) atoms. The van der Waals surface area contributed by atoms with Gasteiger partial charge in [0, 0.05) is 11.1 Å². The van der Waals surface area contributed by atoms with Crippen molar-refractivity contribution in [2.75, 3.05) is 12.4 Å². The van der Waals surface area contributed by atoms with E-state index in [1.54, 1.807) is 13.2 Å². The third-order valence-corrected chi connectivity index (χ3v) is 6.38. The van der Waals surface area contributed by atoms with Crippen LogP contribution in [0.15, 0.2) is 64.8 Å². The van der Waals surface area contributed by atoms with Crippen molar-refractivity contribution in [2.24, 2.45) is 10.2 Å². The number of hydrogen-bond acceptors (Lipinski definition) is 5. The number of amides is 1. The minimum atomic E-state index is -0.417. The number of fused-ring (bicyclic) bond motifs is 1. The van der Waals surface area contributed by atoms with Gasteiger partial charge in [0.05, 0.1) is 12.7 Å². The third-order valence-electron chi connectivity index (χ3n) is 6.38. The van der Waals surface area contributed by atoms with Crippen LogP contribution in [0.5, 0.6) is 11.5 Å². The number of rotatable bonds is 5. The maximum Gasteiger partial charge on any atom is 0.259 e. The summed E-state index contributed by atoms with van der Waals surface area (Å²) in [5.74, 6) is -0.0613. The molecule has 4 rings (SSSR count). The SMILES string of the molecule is COc1cc(C)c(C)cc1N=Nc1c(O)c(C(=O)Nc2cc(C)c(C)cc2C)cc2ccccc12. The molecule has 0 atom stereocenters. The monoisotopic (exact) mass is 467 g/mol. The average molecular weight is 468 g/mol. The van der Waals surface area contributed by atoms with Gasteiger partial charge in [-0.2, -0.15) is 0 Å². The minimum Gasteiger partial charge on any atom is -0.505 e. The lowest BCUT2D eigenvalue weighted by Gasteiger charge is -2.14. The first kappa shape index (κ1) is 24.0. The Morgan fingerprint density at radius 3 is 2.23 bits per heavy atom. The fraction of sp³-hybridized carbons (Fsp3) is 0.207. The van der Waals surface area contributed by atoms with Gasteiger partial charge >= 0.3 is 0 Å². The molecule has 178 valence electrons. The number of phenols is 1. The van der Waals surface area contributed by atoms with Crippen molar-refractivity contribution >= 4 is 33.7 Å². The summed E-state index contributed by atoms with van der Waals surface area (Å²) in [5, 5.41) is 24.3. The fourth-order valence-electron chi connectivity index (χ4n) is 4.00. The summed E-state index contributed by atoms with van der Waals surface area (Å²) < 4.78 is 5.46. The molecular formula is C29H29N3O3. The predicted octanol–water partition coefficient (Wildman–Crippen LogP) is 7.76. The molecule has 0 radical (unpaired) electrons. The van der Waals surface area contributed by atoms with E-state index in [0.29, 0.717) is 22.5 Å². The first-order chi connectivity index (χ1) is 16.7. The highest BCUT2D eigenvalue weighted by molar-refractivity contribution is 6.12. The lowest BCUT2D eigenvalue weighted by Crippen LogP contribution is -2.13. The molecule has 0 saturated heterocycles. The van der Waals surface area contributed by atoms with Crippen LogP contribution >= 0.6 is 0 Å². The topological polar surface area (TPSA) is 83.3 Å². The van der Waals surface area contributed by atoms with Gasteiger partial charge in [-0.25, -0.2) is 0 Å². The summed E-state index contributed by atoms with van der Waals surface area (Å²) in [7, 11) is 1.58. The van der Waals surface area contributed by atoms with Crippen LogP contribution in [0.1, 0.15) is 38.2 Å². The van der Waals surface area contributed by atoms with E-state index in [-0.39, 0.29) is 17.0 Å². The van der Waals surface area contributed by atoms with Crippen LogP contribution in [0, 0.1) is 34.6 Å². The van der Waals surface area contributed by atoms with Gasteiger partial charge in [-0.1, -0.05) is 30.3 Å². The smallest absolute Gasteiger partial charge is 0.259 e. The second-order valence-corrected chi connectivity index (χ2v) is 8.86. The average Bonchev–Trinajstić information content (AvgIpc) is 2.83. The van der Waals surface area contributed by atoms with Crippen molar-refractivity contribution in [3.63, 3.8) is 0 Å². The molecule has 0 bridgehead atoms. The molecule has 0 aliphatic carbocycles. The number of phenolic OH excluding ortho intramolecular Hbond substituents is 1. The van der Waals surface area contributed by atoms with Crippen LogP contribution in [0.25, 0.3) is 10.8 Å². The van der Waals surface area contributed by atoms with Crippen LogP contribution in [-0.4, -0.2) is 18.1 Å². The molecule has 0 aromatic heterocycles. The number of carbonyl (C=O) groups excluding carboxylic acids is 1. The molecule has 0 aliphatic rings. The molecule has 0 spiro atoms. The first-order valence-corrected chi connectivity index (χ1v) is 11.4. The van der Waals surface area contributed by atoms with Crippen molar-refractivity contribution < 1.29 is 14.6 Å². The highest BCUT2D eigenvalue weighted by Gasteiger charge is 2.19. The van der Waals surface area contributed by atoms with Gasteiger partial charge in [0.1, 0.15) is 17.1 Å². The van der Waals surface area contributed by atoms with Crippen molar-refractivity contribution in [3.8, 4) is 11.5 Å². The Morgan fingerprint density at radius 2 is 1.49 bits per heavy atom. The Labute approximate surface area is 205 Å². The van der Waals surface area contributed by atoms with Crippen LogP contribution < -0.4 is 10.1 Å². The summed E-state index contributed by atoms with van der Waals surface area (Å²) in [6, 6.07) is 16.9. The van der Waals surface area contributed by atoms with Crippen LogP contribution in [0.2, 0.25) is 0 Å². The van der Waals surface area contributed by atoms with Crippen LogP contribution in [-0.2, 0) is 0 Å². The van der Waals surface area contributed by atoms with Crippen LogP contribution in [0.4, 0.5) is 17.1 Å². The van der Waals surface area contributed by atoms with Crippen molar-refractivity contribution in [1.29, 1.82) is 0 Å². The van der Waals surface area contributed by atoms with E-state index in [0.717, 1.165) is 33.2 Å². The van der Waals surface area contributed by atoms with Crippen molar-refractivity contribution in [2.45, 2.75) is 34.6 Å². The number of ether oxygens (including phenoxy) is 1. The number of aryl methyl sites for hydroxylation is 5. The molecule has 6 nitrogen and oxygen atoms in total. The van der Waals surface area contributed by atoms with E-state index in [2.05, 4.69) is 15.5 Å². The molecule has 4 aromatic carbocycles. The number of methoxy groups -OCH3 is 1. The summed E-state index contributed by atoms with van der Waals surface area (Å²) >= 11 is 0. The number of carbonyl (C=O) groups is 1. The second kappa shape index (κ2) is 9.58. The molecule has 4 aromatic rings. The summed E-state index contributed by atoms with van der Waals surface area (Å²) in [6.45, 7) is 9.96. The molecule has 1 amide bonds. The molecule has 0 unspecified atom stereocenters. The lowest BCUT2D eigenvalue weighted by atomic mass is 10.0. The first-order valence-electron chi connectivity index (χ1n) is 11.4. The maximum absolute atomic E-state index is 13.3. The molecule has 0 saturated carbocycles. The summed E-state index contributed by atoms with van der Waals surface area (Å²) in [4.78, 5) is 13.3. The van der Waals surface area contributed by atoms with E-state index in [1.165, 1.54) is 0 Å². The molecule has 0 heterocycles. The number of hydrogen-bond donors (Lipinski definition) is 2. The number of benzene rings is 4. The highest BCUT2D eigenvalue weighted by atomic mass is 16.5. The highest BCUT2D eigenvalue weighted by Crippen LogP contribution is 2.41. The van der Waals surface area contributed by atoms with Gasteiger partial charge in [0.15, 0.2) is 5.75 Å². The van der Waals surface area contributed by atoms with Gasteiger partial charge < -0.3 is 15.2 Å². The summed E-state index contributed by atoms with van der Waals surface area (Å²) in [6.07, 6.45) is 0. The second-order valence-electron chi connectivity index (χ2n) is 8.86. The Hall–Kier alpha value is -4.19. The predicted molar refractivity (Wildman–Crippen MR) is 141 cm³/mol. The Balaban J connectivity index is 1.80. The zero-order valence-corrected chi connectivity index (χ0v) is 20.9. The van der Waals surface area contributed by atoms with Gasteiger partial charge in [-0.15, -0.1) is 10.2 Å². The lowest BCUT2D eigenvalue weighted by molar-refractivity contribution is 0.102. The third kappa shape index (κ3) is 4.73. The number of nitrogens with zero attached hydrogens (tertiary/aromatic N) is 2. The fourth-order valence-corrected chi connectivity index (χ4v) is 4.00. The Bertz CT molecular complexity index is 1490. The Kier molecular flexibility index (Phi) is 6.56. The van der Waals surface area contributed by atoms with Gasteiger partial charge in [0.2, 0.25) is 0 Å². The number of aromatic hydroxyl groups is 1. The summed E-state index contributed by atoms with van der Waals surface area (Å²) in [5.41, 5.74) is 6.90. The molecule has 0 aliphatic heterocycles.